The van der Waals surface area contributed by atoms with E-state index in [1.165, 1.54) is 11.3 Å². The van der Waals surface area contributed by atoms with Gasteiger partial charge < -0.3 is 10.3 Å². The zero-order chi connectivity index (χ0) is 26.9. The van der Waals surface area contributed by atoms with Crippen molar-refractivity contribution < 1.29 is 9.59 Å². The fourth-order valence-electron chi connectivity index (χ4n) is 4.36. The van der Waals surface area contributed by atoms with Crippen LogP contribution in [-0.4, -0.2) is 46.8 Å². The Morgan fingerprint density at radius 3 is 2.72 bits per heavy atom. The smallest absolute Gasteiger partial charge is 0.224 e. The number of unbranched alkanes of at least 4 members (excludes halogenated alkanes) is 1. The van der Waals surface area contributed by atoms with Crippen LogP contribution in [0.4, 0.5) is 5.69 Å². The van der Waals surface area contributed by atoms with Gasteiger partial charge in [-0.3, -0.25) is 19.7 Å². The van der Waals surface area contributed by atoms with Crippen molar-refractivity contribution in [2.45, 2.75) is 33.1 Å². The SMILES string of the molecule is CCCCC(=O)Nc1cncc(-c2cnc3[nH]nc(-c4nc5c(-c6ccc(C(C)=O)s6)ccnc5[nH]4)c3c2)c1. The summed E-state index contributed by atoms with van der Waals surface area (Å²) in [6.07, 6.45) is 9.11. The fraction of sp³-hybridized carbons (Fsp3) is 0.179. The lowest BCUT2D eigenvalue weighted by atomic mass is 10.1. The van der Waals surface area contributed by atoms with Crippen molar-refractivity contribution >= 4 is 50.9 Å². The van der Waals surface area contributed by atoms with Gasteiger partial charge in [0.2, 0.25) is 5.91 Å². The van der Waals surface area contributed by atoms with E-state index < -0.39 is 0 Å². The molecule has 6 aromatic rings. The first-order chi connectivity index (χ1) is 19.0. The van der Waals surface area contributed by atoms with Crippen LogP contribution >= 0.6 is 11.3 Å². The molecule has 0 atom stereocenters. The van der Waals surface area contributed by atoms with E-state index in [4.69, 9.17) is 4.98 Å². The number of hydrogen-bond acceptors (Lipinski definition) is 8. The lowest BCUT2D eigenvalue weighted by Crippen LogP contribution is -2.11. The van der Waals surface area contributed by atoms with Crippen molar-refractivity contribution in [2.24, 2.45) is 0 Å². The van der Waals surface area contributed by atoms with E-state index in [0.29, 0.717) is 45.3 Å². The van der Waals surface area contributed by atoms with Gasteiger partial charge >= 0.3 is 0 Å². The van der Waals surface area contributed by atoms with Gasteiger partial charge in [0.25, 0.3) is 0 Å². The molecule has 10 nitrogen and oxygen atoms in total. The van der Waals surface area contributed by atoms with E-state index >= 15 is 0 Å². The van der Waals surface area contributed by atoms with Crippen LogP contribution in [0.2, 0.25) is 0 Å². The molecule has 6 aromatic heterocycles. The topological polar surface area (TPSA) is 142 Å². The predicted molar refractivity (Wildman–Crippen MR) is 151 cm³/mol. The molecule has 0 aliphatic heterocycles. The first-order valence-electron chi connectivity index (χ1n) is 12.6. The molecule has 3 N–H and O–H groups in total. The first-order valence-corrected chi connectivity index (χ1v) is 13.4. The summed E-state index contributed by atoms with van der Waals surface area (Å²) >= 11 is 1.43. The van der Waals surface area contributed by atoms with Crippen molar-refractivity contribution in [3.05, 3.63) is 60.0 Å². The number of carbonyl (C=O) groups excluding carboxylic acids is 2. The van der Waals surface area contributed by atoms with Gasteiger partial charge in [-0.05, 0) is 43.7 Å². The van der Waals surface area contributed by atoms with Gasteiger partial charge in [-0.25, -0.2) is 15.0 Å². The minimum atomic E-state index is -0.0283. The van der Waals surface area contributed by atoms with Gasteiger partial charge in [-0.1, -0.05) is 13.3 Å². The van der Waals surface area contributed by atoms with Gasteiger partial charge in [0.1, 0.15) is 11.2 Å². The molecule has 0 aromatic carbocycles. The van der Waals surface area contributed by atoms with Gasteiger partial charge in [0.05, 0.1) is 22.1 Å². The zero-order valence-corrected chi connectivity index (χ0v) is 22.1. The normalized spacial score (nSPS) is 11.3. The molecule has 39 heavy (non-hydrogen) atoms. The largest absolute Gasteiger partial charge is 0.325 e. The summed E-state index contributed by atoms with van der Waals surface area (Å²) in [5, 5.41) is 11.2. The lowest BCUT2D eigenvalue weighted by molar-refractivity contribution is -0.116. The maximum absolute atomic E-state index is 12.2. The standard InChI is InChI=1S/C28H24N8O2S/c1-3-4-5-23(38)32-18-10-16(12-29-14-18)17-11-20-25(35-36-26(20)31-13-17)28-33-24-19(8-9-30-27(24)34-28)22-7-6-21(39-22)15(2)37/h6-14H,3-5H2,1-2H3,(H,32,38)(H,30,33,34)(H,31,35,36). The number of fused-ring (bicyclic) bond motifs is 2. The Morgan fingerprint density at radius 2 is 1.90 bits per heavy atom. The minimum absolute atomic E-state index is 0.0283. The third kappa shape index (κ3) is 4.79. The summed E-state index contributed by atoms with van der Waals surface area (Å²) in [5.41, 5.74) is 5.71. The van der Waals surface area contributed by atoms with Gasteiger partial charge in [0.15, 0.2) is 22.9 Å². The van der Waals surface area contributed by atoms with Crippen molar-refractivity contribution in [3.63, 3.8) is 0 Å². The monoisotopic (exact) mass is 536 g/mol. The van der Waals surface area contributed by atoms with Gasteiger partial charge in [-0.15, -0.1) is 11.3 Å². The Kier molecular flexibility index (Phi) is 6.41. The van der Waals surface area contributed by atoms with Crippen molar-refractivity contribution in [1.82, 2.24) is 35.1 Å². The number of carbonyl (C=O) groups is 2. The number of nitrogens with zero attached hydrogens (tertiary/aromatic N) is 5. The van der Waals surface area contributed by atoms with E-state index in [0.717, 1.165) is 39.8 Å². The number of nitrogens with one attached hydrogen (secondary N) is 3. The molecular formula is C28H24N8O2S. The molecular weight excluding hydrogens is 512 g/mol. The maximum Gasteiger partial charge on any atom is 0.224 e. The average molecular weight is 537 g/mol. The summed E-state index contributed by atoms with van der Waals surface area (Å²) in [4.78, 5) is 47.1. The number of aromatic amines is 2. The number of aromatic nitrogens is 7. The summed E-state index contributed by atoms with van der Waals surface area (Å²) < 4.78 is 0. The van der Waals surface area contributed by atoms with E-state index in [-0.39, 0.29) is 11.7 Å². The molecule has 0 radical (unpaired) electrons. The third-order valence-corrected chi connectivity index (χ3v) is 7.58. The molecule has 11 heteroatoms. The molecule has 6 heterocycles. The van der Waals surface area contributed by atoms with E-state index in [9.17, 15) is 9.59 Å². The lowest BCUT2D eigenvalue weighted by Gasteiger charge is -2.07. The van der Waals surface area contributed by atoms with E-state index in [1.807, 2.05) is 30.3 Å². The maximum atomic E-state index is 12.2. The Balaban J connectivity index is 1.36. The summed E-state index contributed by atoms with van der Waals surface area (Å²) in [6, 6.07) is 9.51. The molecule has 0 aliphatic carbocycles. The Morgan fingerprint density at radius 1 is 1.03 bits per heavy atom. The van der Waals surface area contributed by atoms with Crippen LogP contribution in [0.25, 0.3) is 55.3 Å². The van der Waals surface area contributed by atoms with Crippen LogP contribution in [-0.2, 0) is 4.79 Å². The number of rotatable bonds is 8. The van der Waals surface area contributed by atoms with Crippen molar-refractivity contribution in [1.29, 1.82) is 0 Å². The Hall–Kier alpha value is -4.77. The molecule has 0 saturated heterocycles. The number of thiophene rings is 1. The molecule has 0 spiro atoms. The van der Waals surface area contributed by atoms with E-state index in [1.54, 1.807) is 31.7 Å². The molecule has 0 bridgehead atoms. The highest BCUT2D eigenvalue weighted by molar-refractivity contribution is 7.17. The summed E-state index contributed by atoms with van der Waals surface area (Å²) in [5.74, 6) is 0.554. The number of anilines is 1. The summed E-state index contributed by atoms with van der Waals surface area (Å²) in [6.45, 7) is 3.61. The van der Waals surface area contributed by atoms with Gasteiger partial charge in [-0.2, -0.15) is 5.10 Å². The van der Waals surface area contributed by atoms with Crippen LogP contribution in [0.15, 0.2) is 55.1 Å². The van der Waals surface area contributed by atoms with Crippen LogP contribution in [0.5, 0.6) is 0 Å². The van der Waals surface area contributed by atoms with Crippen LogP contribution in [0.3, 0.4) is 0 Å². The quantitative estimate of drug-likeness (QED) is 0.202. The Labute approximate surface area is 227 Å². The van der Waals surface area contributed by atoms with Crippen LogP contribution in [0.1, 0.15) is 42.8 Å². The predicted octanol–water partition coefficient (Wildman–Crippen LogP) is 6.02. The number of imidazole rings is 1. The highest BCUT2D eigenvalue weighted by atomic mass is 32.1. The van der Waals surface area contributed by atoms with Crippen molar-refractivity contribution in [2.75, 3.05) is 5.32 Å². The second-order valence-corrected chi connectivity index (χ2v) is 10.3. The fourth-order valence-corrected chi connectivity index (χ4v) is 5.29. The Bertz CT molecular complexity index is 1850. The first kappa shape index (κ1) is 24.6. The number of Topliss-reactive ketones (excluding diaryl/α,β-unsaturated/α-hetero) is 1. The second kappa shape index (κ2) is 10.2. The molecule has 6 rings (SSSR count). The van der Waals surface area contributed by atoms with Crippen molar-refractivity contribution in [3.8, 4) is 33.1 Å². The zero-order valence-electron chi connectivity index (χ0n) is 21.3. The third-order valence-electron chi connectivity index (χ3n) is 6.36. The average Bonchev–Trinajstić information content (AvgIpc) is 3.69. The molecule has 1 amide bonds. The number of H-pyrrole nitrogens is 2. The van der Waals surface area contributed by atoms with Gasteiger partial charge in [0, 0.05) is 46.6 Å². The highest BCUT2D eigenvalue weighted by Gasteiger charge is 2.18. The molecule has 0 unspecified atom stereocenters. The van der Waals surface area contributed by atoms with Crippen LogP contribution in [0, 0.1) is 0 Å². The summed E-state index contributed by atoms with van der Waals surface area (Å²) in [7, 11) is 0. The molecule has 0 saturated carbocycles. The second-order valence-electron chi connectivity index (χ2n) is 9.17. The number of ketones is 1. The van der Waals surface area contributed by atoms with E-state index in [2.05, 4.69) is 42.4 Å². The molecule has 0 fully saturated rings. The molecule has 194 valence electrons. The van der Waals surface area contributed by atoms with Crippen LogP contribution < -0.4 is 5.32 Å². The molecule has 0 aliphatic rings. The highest BCUT2D eigenvalue weighted by Crippen LogP contribution is 2.35. The number of hydrogen-bond donors (Lipinski definition) is 3. The number of pyridine rings is 3. The number of amides is 1. The minimum Gasteiger partial charge on any atom is -0.325 e.